The van der Waals surface area contributed by atoms with Gasteiger partial charge in [0, 0.05) is 35.7 Å². The molecule has 226 valence electrons. The summed E-state index contributed by atoms with van der Waals surface area (Å²) in [6.07, 6.45) is 0.251. The molecule has 42 heavy (non-hydrogen) atoms. The Morgan fingerprint density at radius 3 is 2.33 bits per heavy atom. The second-order valence-corrected chi connectivity index (χ2v) is 17.9. The first-order chi connectivity index (χ1) is 19.5. The van der Waals surface area contributed by atoms with E-state index in [1.807, 2.05) is 45.0 Å². The molecule has 1 aromatic heterocycles. The monoisotopic (exact) mass is 591 g/mol. The fraction of sp³-hybridized carbons (Fsp3) is 0.455. The zero-order valence-corrected chi connectivity index (χ0v) is 27.1. The van der Waals surface area contributed by atoms with Crippen molar-refractivity contribution in [1.82, 2.24) is 9.88 Å². The van der Waals surface area contributed by atoms with Crippen LogP contribution in [0.5, 0.6) is 5.75 Å². The van der Waals surface area contributed by atoms with Gasteiger partial charge in [-0.05, 0) is 87.3 Å². The van der Waals surface area contributed by atoms with Crippen molar-refractivity contribution in [2.75, 3.05) is 18.8 Å². The number of amides is 1. The molecule has 4 N–H and O–H groups in total. The summed E-state index contributed by atoms with van der Waals surface area (Å²) in [6.45, 7) is 17.0. The molecule has 0 aliphatic heterocycles. The van der Waals surface area contributed by atoms with Crippen molar-refractivity contribution in [1.29, 1.82) is 0 Å². The smallest absolute Gasteiger partial charge is 0.410 e. The number of nitrogens with two attached hydrogens (primary N) is 1. The maximum absolute atomic E-state index is 13.5. The number of benzene rings is 2. The van der Waals surface area contributed by atoms with Crippen LogP contribution in [-0.2, 0) is 9.16 Å². The molecule has 8 nitrogen and oxygen atoms in total. The van der Waals surface area contributed by atoms with E-state index in [1.54, 1.807) is 23.1 Å². The number of ether oxygens (including phenoxy) is 1. The molecule has 1 atom stereocenters. The average Bonchev–Trinajstić information content (AvgIpc) is 2.87. The number of phenols is 1. The Kier molecular flexibility index (Phi) is 10.2. The molecule has 9 heteroatoms. The summed E-state index contributed by atoms with van der Waals surface area (Å²) in [5.74, 6) is 6.31. The van der Waals surface area contributed by atoms with Crippen LogP contribution in [0, 0.1) is 11.8 Å². The van der Waals surface area contributed by atoms with Gasteiger partial charge >= 0.3 is 6.09 Å². The topological polar surface area (TPSA) is 118 Å². The highest BCUT2D eigenvalue weighted by Crippen LogP contribution is 2.41. The molecule has 1 unspecified atom stereocenters. The Morgan fingerprint density at radius 1 is 1.05 bits per heavy atom. The van der Waals surface area contributed by atoms with Crippen LogP contribution in [0.15, 0.2) is 53.3 Å². The van der Waals surface area contributed by atoms with E-state index in [4.69, 9.17) is 14.9 Å². The van der Waals surface area contributed by atoms with Crippen molar-refractivity contribution < 1.29 is 19.1 Å². The van der Waals surface area contributed by atoms with Gasteiger partial charge < -0.3 is 29.9 Å². The van der Waals surface area contributed by atoms with Gasteiger partial charge in [0.1, 0.15) is 11.4 Å². The number of aromatic hydroxyl groups is 1. The number of nitrogen functional groups attached to an aromatic ring is 1. The number of H-pyrrole nitrogens is 1. The Morgan fingerprint density at radius 2 is 1.71 bits per heavy atom. The summed E-state index contributed by atoms with van der Waals surface area (Å²) in [6, 6.07) is 13.9. The standard InChI is InChI=1S/C33H45N3O5Si/c1-32(2,3)40-31(39)36(21-11-9-10-12-23-13-15-24(34)16-14-23)22-28(41-42(7,8)33(4,5)6)25-17-19-27(37)30-26(25)18-20-29(38)35-30/h13-20,28,37H,9,11,21-22,34H2,1-8H3,(H,35,38). The molecule has 0 aliphatic rings. The van der Waals surface area contributed by atoms with Crippen LogP contribution in [0.4, 0.5) is 10.5 Å². The molecule has 0 saturated heterocycles. The van der Waals surface area contributed by atoms with Gasteiger partial charge in [0.05, 0.1) is 18.2 Å². The van der Waals surface area contributed by atoms with Crippen LogP contribution in [0.2, 0.25) is 18.1 Å². The van der Waals surface area contributed by atoms with Gasteiger partial charge in [-0.3, -0.25) is 4.79 Å². The summed E-state index contributed by atoms with van der Waals surface area (Å²) < 4.78 is 12.8. The molecule has 0 saturated carbocycles. The molecule has 1 heterocycles. The Hall–Kier alpha value is -3.74. The quantitative estimate of drug-likeness (QED) is 0.113. The highest BCUT2D eigenvalue weighted by atomic mass is 28.4. The number of hydrogen-bond acceptors (Lipinski definition) is 6. The zero-order chi connectivity index (χ0) is 31.3. The predicted molar refractivity (Wildman–Crippen MR) is 172 cm³/mol. The van der Waals surface area contributed by atoms with Crippen molar-refractivity contribution in [3.63, 3.8) is 0 Å². The number of hydrogen-bond donors (Lipinski definition) is 3. The van der Waals surface area contributed by atoms with Crippen LogP contribution in [0.1, 0.15) is 71.6 Å². The third kappa shape index (κ3) is 8.88. The number of pyridine rings is 1. The molecular weight excluding hydrogens is 546 g/mol. The number of anilines is 1. The van der Waals surface area contributed by atoms with E-state index in [9.17, 15) is 14.7 Å². The Bertz CT molecular complexity index is 1510. The fourth-order valence-corrected chi connectivity index (χ4v) is 5.41. The molecule has 0 spiro atoms. The lowest BCUT2D eigenvalue weighted by Gasteiger charge is -2.41. The van der Waals surface area contributed by atoms with E-state index in [1.165, 1.54) is 6.07 Å². The first-order valence-corrected chi connectivity index (χ1v) is 17.2. The minimum atomic E-state index is -2.34. The van der Waals surface area contributed by atoms with Crippen molar-refractivity contribution in [3.05, 3.63) is 70.0 Å². The maximum atomic E-state index is 13.5. The Balaban J connectivity index is 1.96. The van der Waals surface area contributed by atoms with Crippen molar-refractivity contribution in [3.8, 4) is 17.6 Å². The lowest BCUT2D eigenvalue weighted by Crippen LogP contribution is -2.46. The van der Waals surface area contributed by atoms with Crippen LogP contribution < -0.4 is 11.3 Å². The van der Waals surface area contributed by atoms with E-state index in [0.29, 0.717) is 36.0 Å². The highest BCUT2D eigenvalue weighted by molar-refractivity contribution is 6.74. The number of phenolic OH excluding ortho intramolecular Hbond substituents is 1. The Labute approximate surface area is 250 Å². The number of nitrogens with one attached hydrogen (secondary N) is 1. The predicted octanol–water partition coefficient (Wildman–Crippen LogP) is 6.95. The van der Waals surface area contributed by atoms with E-state index < -0.39 is 26.1 Å². The molecule has 2 aromatic carbocycles. The molecule has 1 amide bonds. The minimum Gasteiger partial charge on any atom is -0.506 e. The van der Waals surface area contributed by atoms with E-state index >= 15 is 0 Å². The maximum Gasteiger partial charge on any atom is 0.410 e. The molecule has 0 aliphatic carbocycles. The number of fused-ring (bicyclic) bond motifs is 1. The third-order valence-electron chi connectivity index (χ3n) is 7.41. The van der Waals surface area contributed by atoms with E-state index in [2.05, 4.69) is 50.7 Å². The number of carbonyl (C=O) groups is 1. The number of unbranched alkanes of at least 4 members (excludes halogenated alkanes) is 1. The molecule has 3 aromatic rings. The lowest BCUT2D eigenvalue weighted by atomic mass is 10.0. The first-order valence-electron chi connectivity index (χ1n) is 14.3. The summed E-state index contributed by atoms with van der Waals surface area (Å²) in [5.41, 5.74) is 7.46. The minimum absolute atomic E-state index is 0.0267. The number of aromatic nitrogens is 1. The molecule has 3 rings (SSSR count). The van der Waals surface area contributed by atoms with Gasteiger partial charge in [0.15, 0.2) is 8.32 Å². The van der Waals surface area contributed by atoms with Crippen LogP contribution in [0.25, 0.3) is 10.9 Å². The summed E-state index contributed by atoms with van der Waals surface area (Å²) in [5, 5.41) is 11.1. The molecular formula is C33H45N3O5Si. The van der Waals surface area contributed by atoms with E-state index in [-0.39, 0.29) is 22.9 Å². The van der Waals surface area contributed by atoms with Crippen molar-refractivity contribution >= 4 is 31.0 Å². The van der Waals surface area contributed by atoms with Crippen LogP contribution in [0.3, 0.4) is 0 Å². The van der Waals surface area contributed by atoms with Gasteiger partial charge in [0.25, 0.3) is 0 Å². The molecule has 0 bridgehead atoms. The molecule has 0 radical (unpaired) electrons. The van der Waals surface area contributed by atoms with Crippen molar-refractivity contribution in [2.45, 2.75) is 84.2 Å². The van der Waals surface area contributed by atoms with Gasteiger partial charge in [-0.15, -0.1) is 0 Å². The average molecular weight is 592 g/mol. The van der Waals surface area contributed by atoms with E-state index in [0.717, 1.165) is 11.1 Å². The van der Waals surface area contributed by atoms with Crippen LogP contribution >= 0.6 is 0 Å². The lowest BCUT2D eigenvalue weighted by molar-refractivity contribution is 0.0155. The first kappa shape index (κ1) is 32.8. The second kappa shape index (κ2) is 13.1. The van der Waals surface area contributed by atoms with Gasteiger partial charge in [-0.1, -0.05) is 38.7 Å². The summed E-state index contributed by atoms with van der Waals surface area (Å²) >= 11 is 0. The highest BCUT2D eigenvalue weighted by Gasteiger charge is 2.40. The van der Waals surface area contributed by atoms with Gasteiger partial charge in [0.2, 0.25) is 5.56 Å². The fourth-order valence-electron chi connectivity index (χ4n) is 4.14. The summed E-state index contributed by atoms with van der Waals surface area (Å²) in [4.78, 5) is 30.0. The number of aromatic amines is 1. The normalized spacial score (nSPS) is 12.9. The third-order valence-corrected chi connectivity index (χ3v) is 11.9. The van der Waals surface area contributed by atoms with Crippen LogP contribution in [-0.4, -0.2) is 48.1 Å². The van der Waals surface area contributed by atoms with Crippen molar-refractivity contribution in [2.24, 2.45) is 0 Å². The number of rotatable bonds is 8. The largest absolute Gasteiger partial charge is 0.506 e. The second-order valence-electron chi connectivity index (χ2n) is 13.1. The SMILES string of the molecule is CC(C)(C)OC(=O)N(CCCC#Cc1ccc(N)cc1)CC(O[Si](C)(C)C(C)(C)C)c1ccc(O)c2[nH]c(=O)ccc12. The van der Waals surface area contributed by atoms with Gasteiger partial charge in [-0.25, -0.2) is 4.79 Å². The van der Waals surface area contributed by atoms with Gasteiger partial charge in [-0.2, -0.15) is 0 Å². The zero-order valence-electron chi connectivity index (χ0n) is 26.1. The molecule has 0 fully saturated rings. The number of nitrogens with zero attached hydrogens (tertiary/aromatic N) is 1. The number of carbonyl (C=O) groups excluding carboxylic acids is 1. The summed E-state index contributed by atoms with van der Waals surface area (Å²) in [7, 11) is -2.34.